The number of amides is 1. The van der Waals surface area contributed by atoms with E-state index in [0.717, 1.165) is 24.1 Å². The smallest absolute Gasteiger partial charge is 0.406 e. The average molecular weight is 393 g/mol. The van der Waals surface area contributed by atoms with Gasteiger partial charge in [-0.3, -0.25) is 13.9 Å². The van der Waals surface area contributed by atoms with Crippen LogP contribution in [0.2, 0.25) is 0 Å². The molecule has 28 heavy (non-hydrogen) atoms. The number of para-hydroxylation sites is 2. The quantitative estimate of drug-likeness (QED) is 0.694. The van der Waals surface area contributed by atoms with Gasteiger partial charge in [-0.1, -0.05) is 19.1 Å². The zero-order chi connectivity index (χ0) is 20.3. The van der Waals surface area contributed by atoms with Crippen LogP contribution in [0.4, 0.5) is 18.9 Å². The standard InChI is InChI=1S/C19H18F3N3O3/c1-2-11-24-15-5-3-4-6-16(15)25(18(24)27)12-17(26)23-13-7-9-14(10-8-13)28-19(20,21)22/h3-10H,2,11-12H2,1H3,(H,23,26). The first-order valence-corrected chi connectivity index (χ1v) is 8.62. The van der Waals surface area contributed by atoms with Crippen LogP contribution in [0, 0.1) is 0 Å². The Labute approximate surface area is 158 Å². The van der Waals surface area contributed by atoms with Crippen molar-refractivity contribution in [3.05, 3.63) is 59.0 Å². The Morgan fingerprint density at radius 2 is 1.64 bits per heavy atom. The molecule has 6 nitrogen and oxygen atoms in total. The second-order valence-corrected chi connectivity index (χ2v) is 6.13. The third-order valence-electron chi connectivity index (χ3n) is 4.05. The number of aromatic nitrogens is 2. The molecule has 148 valence electrons. The van der Waals surface area contributed by atoms with E-state index in [0.29, 0.717) is 17.7 Å². The fourth-order valence-electron chi connectivity index (χ4n) is 2.95. The predicted octanol–water partition coefficient (Wildman–Crippen LogP) is 3.75. The average Bonchev–Trinajstić information content (AvgIpc) is 2.88. The van der Waals surface area contributed by atoms with E-state index in [2.05, 4.69) is 10.1 Å². The molecule has 0 fully saturated rings. The molecular weight excluding hydrogens is 375 g/mol. The molecule has 2 aromatic carbocycles. The molecule has 1 N–H and O–H groups in total. The number of hydrogen-bond donors (Lipinski definition) is 1. The van der Waals surface area contributed by atoms with E-state index in [-0.39, 0.29) is 18.0 Å². The number of hydrogen-bond acceptors (Lipinski definition) is 3. The van der Waals surface area contributed by atoms with Crippen molar-refractivity contribution in [2.24, 2.45) is 0 Å². The number of fused-ring (bicyclic) bond motifs is 1. The summed E-state index contributed by atoms with van der Waals surface area (Å²) in [6.07, 6.45) is -4.01. The molecule has 0 bridgehead atoms. The van der Waals surface area contributed by atoms with Crippen LogP contribution in [0.25, 0.3) is 11.0 Å². The number of carbonyl (C=O) groups excluding carboxylic acids is 1. The summed E-state index contributed by atoms with van der Waals surface area (Å²) in [7, 11) is 0. The maximum Gasteiger partial charge on any atom is 0.573 e. The lowest BCUT2D eigenvalue weighted by Crippen LogP contribution is -2.29. The number of aryl methyl sites for hydroxylation is 1. The number of nitrogens with one attached hydrogen (secondary N) is 1. The molecule has 0 unspecified atom stereocenters. The summed E-state index contributed by atoms with van der Waals surface area (Å²) >= 11 is 0. The molecule has 9 heteroatoms. The van der Waals surface area contributed by atoms with Gasteiger partial charge in [-0.25, -0.2) is 4.79 Å². The number of nitrogens with zero attached hydrogens (tertiary/aromatic N) is 2. The van der Waals surface area contributed by atoms with Gasteiger partial charge in [0, 0.05) is 12.2 Å². The van der Waals surface area contributed by atoms with Crippen LogP contribution in [0.15, 0.2) is 53.3 Å². The van der Waals surface area contributed by atoms with Gasteiger partial charge in [-0.05, 0) is 42.8 Å². The van der Waals surface area contributed by atoms with Gasteiger partial charge in [-0.15, -0.1) is 13.2 Å². The van der Waals surface area contributed by atoms with Crippen LogP contribution < -0.4 is 15.7 Å². The van der Waals surface area contributed by atoms with Gasteiger partial charge in [0.1, 0.15) is 12.3 Å². The number of carbonyl (C=O) groups is 1. The van der Waals surface area contributed by atoms with Crippen LogP contribution >= 0.6 is 0 Å². The van der Waals surface area contributed by atoms with E-state index >= 15 is 0 Å². The molecule has 0 aliphatic heterocycles. The number of halogens is 3. The highest BCUT2D eigenvalue weighted by molar-refractivity contribution is 5.91. The van der Waals surface area contributed by atoms with Crippen molar-refractivity contribution in [3.63, 3.8) is 0 Å². The fourth-order valence-corrected chi connectivity index (χ4v) is 2.95. The highest BCUT2D eigenvalue weighted by Crippen LogP contribution is 2.24. The van der Waals surface area contributed by atoms with Crippen molar-refractivity contribution >= 4 is 22.6 Å². The van der Waals surface area contributed by atoms with Gasteiger partial charge in [0.25, 0.3) is 0 Å². The lowest BCUT2D eigenvalue weighted by Gasteiger charge is -2.10. The Bertz CT molecular complexity index is 1040. The predicted molar refractivity (Wildman–Crippen MR) is 98.2 cm³/mol. The molecule has 0 saturated heterocycles. The normalized spacial score (nSPS) is 11.6. The van der Waals surface area contributed by atoms with E-state index in [1.807, 2.05) is 19.1 Å². The fraction of sp³-hybridized carbons (Fsp3) is 0.263. The van der Waals surface area contributed by atoms with E-state index < -0.39 is 12.3 Å². The van der Waals surface area contributed by atoms with Gasteiger partial charge in [0.2, 0.25) is 5.91 Å². The second-order valence-electron chi connectivity index (χ2n) is 6.13. The number of rotatable bonds is 6. The molecule has 0 spiro atoms. The molecule has 0 radical (unpaired) electrons. The first kappa shape index (κ1) is 19.5. The zero-order valence-corrected chi connectivity index (χ0v) is 15.0. The third kappa shape index (κ3) is 4.36. The number of benzene rings is 2. The lowest BCUT2D eigenvalue weighted by molar-refractivity contribution is -0.274. The minimum Gasteiger partial charge on any atom is -0.406 e. The first-order valence-electron chi connectivity index (χ1n) is 8.62. The first-order chi connectivity index (χ1) is 13.3. The van der Waals surface area contributed by atoms with Crippen molar-refractivity contribution in [2.45, 2.75) is 32.8 Å². The van der Waals surface area contributed by atoms with Crippen molar-refractivity contribution in [2.75, 3.05) is 5.32 Å². The number of alkyl halides is 3. The van der Waals surface area contributed by atoms with Gasteiger partial charge in [0.05, 0.1) is 11.0 Å². The van der Waals surface area contributed by atoms with Crippen LogP contribution in [0.1, 0.15) is 13.3 Å². The summed E-state index contributed by atoms with van der Waals surface area (Å²) in [4.78, 5) is 25.0. The largest absolute Gasteiger partial charge is 0.573 e. The minimum atomic E-state index is -4.78. The maximum atomic E-state index is 12.7. The second kappa shape index (κ2) is 7.79. The summed E-state index contributed by atoms with van der Waals surface area (Å²) in [5.41, 5.74) is 1.40. The molecule has 0 aliphatic rings. The minimum absolute atomic E-state index is 0.211. The van der Waals surface area contributed by atoms with Gasteiger partial charge >= 0.3 is 12.1 Å². The topological polar surface area (TPSA) is 65.3 Å². The van der Waals surface area contributed by atoms with Gasteiger partial charge in [-0.2, -0.15) is 0 Å². The number of ether oxygens (including phenoxy) is 1. The zero-order valence-electron chi connectivity index (χ0n) is 15.0. The number of imidazole rings is 1. The van der Waals surface area contributed by atoms with E-state index in [1.54, 1.807) is 16.7 Å². The van der Waals surface area contributed by atoms with Crippen molar-refractivity contribution in [3.8, 4) is 5.75 Å². The number of anilines is 1. The van der Waals surface area contributed by atoms with Crippen molar-refractivity contribution in [1.82, 2.24) is 9.13 Å². The van der Waals surface area contributed by atoms with Gasteiger partial charge in [0.15, 0.2) is 0 Å². The highest BCUT2D eigenvalue weighted by Gasteiger charge is 2.31. The molecular formula is C19H18F3N3O3. The summed E-state index contributed by atoms with van der Waals surface area (Å²) < 4.78 is 43.4. The summed E-state index contributed by atoms with van der Waals surface area (Å²) in [5, 5.41) is 2.57. The third-order valence-corrected chi connectivity index (χ3v) is 4.05. The SMILES string of the molecule is CCCn1c(=O)n(CC(=O)Nc2ccc(OC(F)(F)F)cc2)c2ccccc21. The highest BCUT2D eigenvalue weighted by atomic mass is 19.4. The summed E-state index contributed by atoms with van der Waals surface area (Å²) in [6, 6.07) is 12.0. The van der Waals surface area contributed by atoms with Crippen LogP contribution in [0.5, 0.6) is 5.75 Å². The summed E-state index contributed by atoms with van der Waals surface area (Å²) in [5.74, 6) is -0.852. The molecule has 0 aliphatic carbocycles. The van der Waals surface area contributed by atoms with Crippen molar-refractivity contribution < 1.29 is 22.7 Å². The molecule has 1 aromatic heterocycles. The Kier molecular flexibility index (Phi) is 5.43. The van der Waals surface area contributed by atoms with E-state index in [1.165, 1.54) is 16.7 Å². The monoisotopic (exact) mass is 393 g/mol. The Balaban J connectivity index is 1.77. The molecule has 3 rings (SSSR count). The molecule has 0 atom stereocenters. The Hall–Kier alpha value is -3.23. The van der Waals surface area contributed by atoms with Crippen LogP contribution in [0.3, 0.4) is 0 Å². The summed E-state index contributed by atoms with van der Waals surface area (Å²) in [6.45, 7) is 2.28. The Morgan fingerprint density at radius 3 is 2.21 bits per heavy atom. The van der Waals surface area contributed by atoms with Gasteiger partial charge < -0.3 is 10.1 Å². The van der Waals surface area contributed by atoms with E-state index in [4.69, 9.17) is 0 Å². The van der Waals surface area contributed by atoms with Crippen LogP contribution in [-0.2, 0) is 17.9 Å². The molecule has 1 heterocycles. The maximum absolute atomic E-state index is 12.7. The Morgan fingerprint density at radius 1 is 1.04 bits per heavy atom. The van der Waals surface area contributed by atoms with E-state index in [9.17, 15) is 22.8 Å². The molecule has 1 amide bonds. The lowest BCUT2D eigenvalue weighted by atomic mass is 10.3. The van der Waals surface area contributed by atoms with Crippen LogP contribution in [-0.4, -0.2) is 21.4 Å². The molecule has 3 aromatic rings. The molecule has 0 saturated carbocycles. The van der Waals surface area contributed by atoms with Crippen molar-refractivity contribution in [1.29, 1.82) is 0 Å².